The predicted octanol–water partition coefficient (Wildman–Crippen LogP) is 1.76. The highest BCUT2D eigenvalue weighted by atomic mass is 16.1. The Hall–Kier alpha value is -1.29. The lowest BCUT2D eigenvalue weighted by molar-refractivity contribution is -0.120. The lowest BCUT2D eigenvalue weighted by Gasteiger charge is -2.06. The first-order valence-corrected chi connectivity index (χ1v) is 6.67. The zero-order chi connectivity index (χ0) is 13.4. The quantitative estimate of drug-likeness (QED) is 0.739. The number of rotatable bonds is 8. The number of aryl methyl sites for hydroxylation is 1. The Morgan fingerprint density at radius 1 is 1.44 bits per heavy atom. The molecular weight excluding hydrogens is 226 g/mol. The average molecular weight is 251 g/mol. The van der Waals surface area contributed by atoms with Gasteiger partial charge in [-0.05, 0) is 30.5 Å². The van der Waals surface area contributed by atoms with Crippen LogP contribution in [0.1, 0.15) is 32.3 Å². The second-order valence-electron chi connectivity index (χ2n) is 5.06. The highest BCUT2D eigenvalue weighted by Crippen LogP contribution is 2.03. The Balaban J connectivity index is 2.23. The van der Waals surface area contributed by atoms with Gasteiger partial charge in [-0.15, -0.1) is 0 Å². The molecular formula is C14H25N3O. The summed E-state index contributed by atoms with van der Waals surface area (Å²) in [4.78, 5) is 11.1. The number of carbonyl (C=O) groups excluding carboxylic acids is 1. The minimum Gasteiger partial charge on any atom is -0.359 e. The summed E-state index contributed by atoms with van der Waals surface area (Å²) < 4.78 is 2.15. The van der Waals surface area contributed by atoms with Crippen LogP contribution in [0.3, 0.4) is 0 Å². The summed E-state index contributed by atoms with van der Waals surface area (Å²) >= 11 is 0. The van der Waals surface area contributed by atoms with Gasteiger partial charge in [-0.2, -0.15) is 0 Å². The summed E-state index contributed by atoms with van der Waals surface area (Å²) in [5.41, 5.74) is 1.30. The Morgan fingerprint density at radius 3 is 2.89 bits per heavy atom. The monoisotopic (exact) mass is 251 g/mol. The van der Waals surface area contributed by atoms with E-state index in [4.69, 9.17) is 0 Å². The smallest absolute Gasteiger partial charge is 0.219 e. The van der Waals surface area contributed by atoms with E-state index in [0.29, 0.717) is 12.3 Å². The van der Waals surface area contributed by atoms with E-state index in [0.717, 1.165) is 26.1 Å². The van der Waals surface area contributed by atoms with Gasteiger partial charge in [0.2, 0.25) is 5.91 Å². The van der Waals surface area contributed by atoms with Crippen molar-refractivity contribution in [2.24, 2.45) is 5.92 Å². The Kier molecular flexibility index (Phi) is 6.50. The van der Waals surface area contributed by atoms with E-state index in [1.54, 1.807) is 7.05 Å². The first-order valence-electron chi connectivity index (χ1n) is 6.67. The number of hydrogen-bond donors (Lipinski definition) is 2. The molecule has 0 aliphatic heterocycles. The minimum absolute atomic E-state index is 0.112. The van der Waals surface area contributed by atoms with Gasteiger partial charge < -0.3 is 15.2 Å². The highest BCUT2D eigenvalue weighted by Gasteiger charge is 2.00. The molecule has 0 aliphatic rings. The van der Waals surface area contributed by atoms with Gasteiger partial charge in [0.05, 0.1) is 0 Å². The van der Waals surface area contributed by atoms with Crippen LogP contribution >= 0.6 is 0 Å². The molecule has 0 saturated carbocycles. The molecule has 0 aliphatic carbocycles. The molecule has 4 heteroatoms. The average Bonchev–Trinajstić information content (AvgIpc) is 2.76. The molecule has 1 heterocycles. The molecule has 18 heavy (non-hydrogen) atoms. The molecule has 1 aromatic rings. The predicted molar refractivity (Wildman–Crippen MR) is 74.3 cm³/mol. The van der Waals surface area contributed by atoms with Gasteiger partial charge in [0.25, 0.3) is 0 Å². The first-order chi connectivity index (χ1) is 8.61. The second kappa shape index (κ2) is 7.93. The molecule has 0 radical (unpaired) electrons. The van der Waals surface area contributed by atoms with Crippen LogP contribution in [0.15, 0.2) is 18.5 Å². The minimum atomic E-state index is 0.112. The Bertz CT molecular complexity index is 358. The topological polar surface area (TPSA) is 46.1 Å². The summed E-state index contributed by atoms with van der Waals surface area (Å²) in [5, 5.41) is 6.06. The van der Waals surface area contributed by atoms with Crippen molar-refractivity contribution in [1.29, 1.82) is 0 Å². The van der Waals surface area contributed by atoms with Crippen LogP contribution in [0.5, 0.6) is 0 Å². The first kappa shape index (κ1) is 14.8. The molecule has 1 amide bonds. The van der Waals surface area contributed by atoms with Gasteiger partial charge in [0.1, 0.15) is 0 Å². The van der Waals surface area contributed by atoms with Gasteiger partial charge >= 0.3 is 0 Å². The van der Waals surface area contributed by atoms with E-state index in [2.05, 4.69) is 47.5 Å². The largest absolute Gasteiger partial charge is 0.359 e. The molecule has 1 rings (SSSR count). The van der Waals surface area contributed by atoms with Crippen LogP contribution in [-0.2, 0) is 17.9 Å². The maximum Gasteiger partial charge on any atom is 0.219 e. The van der Waals surface area contributed by atoms with E-state index >= 15 is 0 Å². The van der Waals surface area contributed by atoms with E-state index in [1.165, 1.54) is 5.56 Å². The normalized spacial score (nSPS) is 10.9. The summed E-state index contributed by atoms with van der Waals surface area (Å²) in [6.07, 6.45) is 5.70. The standard InChI is InChI=1S/C14H25N3O/c1-12(2)9-16-10-13-6-8-17(11-13)7-4-5-14(18)15-3/h6,8,11-12,16H,4-5,7,9-10H2,1-3H3,(H,15,18). The number of nitrogens with zero attached hydrogens (tertiary/aromatic N) is 1. The van der Waals surface area contributed by atoms with Crippen molar-refractivity contribution < 1.29 is 4.79 Å². The van der Waals surface area contributed by atoms with Crippen molar-refractivity contribution in [2.75, 3.05) is 13.6 Å². The van der Waals surface area contributed by atoms with E-state index in [9.17, 15) is 4.79 Å². The molecule has 0 spiro atoms. The zero-order valence-corrected chi connectivity index (χ0v) is 11.7. The Labute approximate surface area is 110 Å². The van der Waals surface area contributed by atoms with Crippen molar-refractivity contribution in [1.82, 2.24) is 15.2 Å². The van der Waals surface area contributed by atoms with Crippen LogP contribution in [-0.4, -0.2) is 24.1 Å². The van der Waals surface area contributed by atoms with Gasteiger partial charge in [-0.3, -0.25) is 4.79 Å². The maximum atomic E-state index is 11.1. The molecule has 102 valence electrons. The summed E-state index contributed by atoms with van der Waals surface area (Å²) in [7, 11) is 1.68. The lowest BCUT2D eigenvalue weighted by Crippen LogP contribution is -2.18. The summed E-state index contributed by atoms with van der Waals surface area (Å²) in [6, 6.07) is 2.13. The fraction of sp³-hybridized carbons (Fsp3) is 0.643. The molecule has 0 atom stereocenters. The number of amides is 1. The van der Waals surface area contributed by atoms with Crippen molar-refractivity contribution in [2.45, 2.75) is 39.8 Å². The van der Waals surface area contributed by atoms with Gasteiger partial charge in [0, 0.05) is 39.0 Å². The van der Waals surface area contributed by atoms with Crippen LogP contribution in [0, 0.1) is 5.92 Å². The van der Waals surface area contributed by atoms with Crippen molar-refractivity contribution in [3.63, 3.8) is 0 Å². The summed E-state index contributed by atoms with van der Waals surface area (Å²) in [5.74, 6) is 0.792. The van der Waals surface area contributed by atoms with Crippen molar-refractivity contribution in [3.8, 4) is 0 Å². The fourth-order valence-electron chi connectivity index (χ4n) is 1.79. The van der Waals surface area contributed by atoms with Crippen molar-refractivity contribution >= 4 is 5.91 Å². The third-order valence-electron chi connectivity index (χ3n) is 2.79. The SMILES string of the molecule is CNC(=O)CCCn1ccc(CNCC(C)C)c1. The van der Waals surface area contributed by atoms with Crippen LogP contribution in [0.4, 0.5) is 0 Å². The lowest BCUT2D eigenvalue weighted by atomic mass is 10.2. The molecule has 0 bridgehead atoms. The molecule has 2 N–H and O–H groups in total. The van der Waals surface area contributed by atoms with E-state index in [-0.39, 0.29) is 5.91 Å². The third-order valence-corrected chi connectivity index (χ3v) is 2.79. The zero-order valence-electron chi connectivity index (χ0n) is 11.7. The fourth-order valence-corrected chi connectivity index (χ4v) is 1.79. The number of hydrogen-bond acceptors (Lipinski definition) is 2. The van der Waals surface area contributed by atoms with Gasteiger partial charge in [0.15, 0.2) is 0 Å². The third kappa shape index (κ3) is 5.87. The highest BCUT2D eigenvalue weighted by molar-refractivity contribution is 5.75. The number of aromatic nitrogens is 1. The van der Waals surface area contributed by atoms with E-state index < -0.39 is 0 Å². The van der Waals surface area contributed by atoms with Gasteiger partial charge in [-0.25, -0.2) is 0 Å². The molecule has 4 nitrogen and oxygen atoms in total. The second-order valence-corrected chi connectivity index (χ2v) is 5.06. The molecule has 1 aromatic heterocycles. The molecule has 0 unspecified atom stereocenters. The number of nitrogens with one attached hydrogen (secondary N) is 2. The maximum absolute atomic E-state index is 11.1. The molecule has 0 saturated heterocycles. The van der Waals surface area contributed by atoms with Crippen LogP contribution in [0.2, 0.25) is 0 Å². The molecule has 0 fully saturated rings. The number of carbonyl (C=O) groups is 1. The Morgan fingerprint density at radius 2 is 2.22 bits per heavy atom. The van der Waals surface area contributed by atoms with Crippen LogP contribution in [0.25, 0.3) is 0 Å². The van der Waals surface area contributed by atoms with Gasteiger partial charge in [-0.1, -0.05) is 13.8 Å². The van der Waals surface area contributed by atoms with Crippen molar-refractivity contribution in [3.05, 3.63) is 24.0 Å². The molecule has 0 aromatic carbocycles. The van der Waals surface area contributed by atoms with E-state index in [1.807, 2.05) is 0 Å². The summed E-state index contributed by atoms with van der Waals surface area (Å²) in [6.45, 7) is 7.27. The van der Waals surface area contributed by atoms with Crippen LogP contribution < -0.4 is 10.6 Å².